The van der Waals surface area contributed by atoms with Crippen LogP contribution >= 0.6 is 22.9 Å². The molecule has 1 amide bonds. The Morgan fingerprint density at radius 1 is 1.52 bits per heavy atom. The van der Waals surface area contributed by atoms with Crippen molar-refractivity contribution >= 4 is 45.4 Å². The number of nitro benzene ring substituents is 1. The predicted octanol–water partition coefficient (Wildman–Crippen LogP) is 3.16. The second kappa shape index (κ2) is 7.35. The molecule has 1 heterocycles. The summed E-state index contributed by atoms with van der Waals surface area (Å²) in [6.45, 7) is 0. The Kier molecular flexibility index (Phi) is 5.24. The van der Waals surface area contributed by atoms with Gasteiger partial charge in [-0.3, -0.25) is 14.9 Å². The summed E-state index contributed by atoms with van der Waals surface area (Å²) in [5.41, 5.74) is -0.419. The molecule has 116 valence electrons. The summed E-state index contributed by atoms with van der Waals surface area (Å²) in [5, 5.41) is 27.2. The highest BCUT2D eigenvalue weighted by molar-refractivity contribution is 7.13. The van der Waals surface area contributed by atoms with Gasteiger partial charge < -0.3 is 10.6 Å². The molecular formula is C13H8ClN5O3S. The topological polar surface area (TPSA) is 121 Å². The van der Waals surface area contributed by atoms with Gasteiger partial charge in [0.15, 0.2) is 5.13 Å². The van der Waals surface area contributed by atoms with Crippen LogP contribution in [0.1, 0.15) is 0 Å². The number of thiazole rings is 1. The zero-order valence-corrected chi connectivity index (χ0v) is 12.9. The van der Waals surface area contributed by atoms with Gasteiger partial charge in [-0.1, -0.05) is 11.6 Å². The minimum Gasteiger partial charge on any atom is -0.337 e. The lowest BCUT2D eigenvalue weighted by Gasteiger charge is -2.06. The first-order valence-corrected chi connectivity index (χ1v) is 7.28. The van der Waals surface area contributed by atoms with Crippen molar-refractivity contribution in [1.82, 2.24) is 4.98 Å². The number of benzene rings is 1. The average Bonchev–Trinajstić information content (AvgIpc) is 3.03. The van der Waals surface area contributed by atoms with E-state index in [0.717, 1.165) is 6.07 Å². The lowest BCUT2D eigenvalue weighted by molar-refractivity contribution is -0.384. The minimum absolute atomic E-state index is 0.0428. The fraction of sp³-hybridized carbons (Fsp3) is 0. The van der Waals surface area contributed by atoms with Crippen molar-refractivity contribution in [2.45, 2.75) is 0 Å². The summed E-state index contributed by atoms with van der Waals surface area (Å²) < 4.78 is 0. The van der Waals surface area contributed by atoms with Gasteiger partial charge in [-0.05, 0) is 6.07 Å². The van der Waals surface area contributed by atoms with Gasteiger partial charge in [0.25, 0.3) is 11.6 Å². The largest absolute Gasteiger partial charge is 0.337 e. The fourth-order valence-corrected chi connectivity index (χ4v) is 2.15. The van der Waals surface area contributed by atoms with Gasteiger partial charge in [-0.15, -0.1) is 11.3 Å². The van der Waals surface area contributed by atoms with Gasteiger partial charge in [-0.25, -0.2) is 4.98 Å². The van der Waals surface area contributed by atoms with Crippen molar-refractivity contribution < 1.29 is 9.72 Å². The van der Waals surface area contributed by atoms with Crippen molar-refractivity contribution in [2.75, 3.05) is 10.6 Å². The molecular weight excluding hydrogens is 342 g/mol. The second-order valence-corrected chi connectivity index (χ2v) is 5.33. The van der Waals surface area contributed by atoms with Crippen molar-refractivity contribution in [3.8, 4) is 6.07 Å². The molecule has 0 unspecified atom stereocenters. The van der Waals surface area contributed by atoms with E-state index in [1.54, 1.807) is 17.6 Å². The summed E-state index contributed by atoms with van der Waals surface area (Å²) in [6, 6.07) is 5.34. The van der Waals surface area contributed by atoms with Crippen molar-refractivity contribution in [1.29, 1.82) is 5.26 Å². The van der Waals surface area contributed by atoms with E-state index in [9.17, 15) is 14.9 Å². The number of hydrogen-bond acceptors (Lipinski definition) is 7. The highest BCUT2D eigenvalue weighted by Crippen LogP contribution is 2.27. The van der Waals surface area contributed by atoms with E-state index in [1.807, 2.05) is 0 Å². The highest BCUT2D eigenvalue weighted by Gasteiger charge is 2.15. The molecule has 10 heteroatoms. The average molecular weight is 350 g/mol. The van der Waals surface area contributed by atoms with Crippen LogP contribution in [0.15, 0.2) is 41.5 Å². The van der Waals surface area contributed by atoms with Crippen LogP contribution in [-0.2, 0) is 4.79 Å². The van der Waals surface area contributed by atoms with Crippen LogP contribution in [-0.4, -0.2) is 15.8 Å². The fourth-order valence-electron chi connectivity index (χ4n) is 1.49. The molecule has 0 aliphatic heterocycles. The molecule has 0 bridgehead atoms. The maximum atomic E-state index is 12.0. The number of non-ortho nitro benzene ring substituents is 1. The Labute approximate surface area is 139 Å². The summed E-state index contributed by atoms with van der Waals surface area (Å²) >= 11 is 7.18. The maximum Gasteiger partial charge on any atom is 0.271 e. The first kappa shape index (κ1) is 16.4. The normalized spacial score (nSPS) is 10.7. The van der Waals surface area contributed by atoms with Gasteiger partial charge in [0.05, 0.1) is 15.6 Å². The van der Waals surface area contributed by atoms with Crippen LogP contribution in [0, 0.1) is 21.4 Å². The third-order valence-corrected chi connectivity index (χ3v) is 3.58. The highest BCUT2D eigenvalue weighted by atomic mass is 35.5. The first-order chi connectivity index (χ1) is 11.0. The molecule has 2 N–H and O–H groups in total. The molecule has 0 aliphatic carbocycles. The molecule has 0 radical (unpaired) electrons. The number of aromatic nitrogens is 1. The first-order valence-electron chi connectivity index (χ1n) is 6.03. The molecule has 23 heavy (non-hydrogen) atoms. The second-order valence-electron chi connectivity index (χ2n) is 4.03. The summed E-state index contributed by atoms with van der Waals surface area (Å²) in [5.74, 6) is -0.751. The number of amides is 1. The molecule has 0 fully saturated rings. The Bertz CT molecular complexity index is 814. The Balaban J connectivity index is 2.16. The minimum atomic E-state index is -0.751. The van der Waals surface area contributed by atoms with Crippen LogP contribution < -0.4 is 10.6 Å². The molecule has 0 saturated heterocycles. The van der Waals surface area contributed by atoms with E-state index in [4.69, 9.17) is 16.9 Å². The van der Waals surface area contributed by atoms with Crippen LogP contribution in [0.4, 0.5) is 16.5 Å². The van der Waals surface area contributed by atoms with Crippen LogP contribution in [0.2, 0.25) is 5.02 Å². The quantitative estimate of drug-likeness (QED) is 0.370. The number of hydrogen-bond donors (Lipinski definition) is 2. The number of nitrogens with zero attached hydrogens (tertiary/aromatic N) is 3. The SMILES string of the molecule is N#C/C(=C/Nc1nccs1)C(=O)Nc1cc([N+](=O)[O-])ccc1Cl. The third kappa shape index (κ3) is 4.26. The molecule has 1 aromatic heterocycles. The number of halogens is 1. The summed E-state index contributed by atoms with van der Waals surface area (Å²) in [7, 11) is 0. The molecule has 8 nitrogen and oxygen atoms in total. The number of nitriles is 1. The molecule has 2 rings (SSSR count). The summed E-state index contributed by atoms with van der Waals surface area (Å²) in [6.07, 6.45) is 2.76. The number of carbonyl (C=O) groups is 1. The number of nitrogens with one attached hydrogen (secondary N) is 2. The van der Waals surface area contributed by atoms with E-state index >= 15 is 0 Å². The van der Waals surface area contributed by atoms with E-state index in [0.29, 0.717) is 5.13 Å². The predicted molar refractivity (Wildman–Crippen MR) is 86.2 cm³/mol. The van der Waals surface area contributed by atoms with Crippen LogP contribution in [0.3, 0.4) is 0 Å². The lowest BCUT2D eigenvalue weighted by atomic mass is 10.2. The monoisotopic (exact) mass is 349 g/mol. The molecule has 2 aromatic rings. The van der Waals surface area contributed by atoms with Gasteiger partial charge in [0, 0.05) is 29.9 Å². The lowest BCUT2D eigenvalue weighted by Crippen LogP contribution is -2.15. The number of anilines is 2. The van der Waals surface area contributed by atoms with E-state index in [-0.39, 0.29) is 22.0 Å². The van der Waals surface area contributed by atoms with Gasteiger partial charge in [0.2, 0.25) is 0 Å². The zero-order chi connectivity index (χ0) is 16.8. The molecule has 0 aliphatic rings. The van der Waals surface area contributed by atoms with E-state index < -0.39 is 10.8 Å². The van der Waals surface area contributed by atoms with Gasteiger partial charge in [0.1, 0.15) is 11.6 Å². The van der Waals surface area contributed by atoms with Crippen molar-refractivity contribution in [3.05, 3.63) is 56.7 Å². The van der Waals surface area contributed by atoms with Crippen LogP contribution in [0.5, 0.6) is 0 Å². The molecule has 0 spiro atoms. The van der Waals surface area contributed by atoms with Gasteiger partial charge >= 0.3 is 0 Å². The van der Waals surface area contributed by atoms with E-state index in [2.05, 4.69) is 15.6 Å². The third-order valence-electron chi connectivity index (χ3n) is 2.55. The molecule has 0 saturated carbocycles. The van der Waals surface area contributed by atoms with Crippen molar-refractivity contribution in [3.63, 3.8) is 0 Å². The summed E-state index contributed by atoms with van der Waals surface area (Å²) in [4.78, 5) is 26.1. The Morgan fingerprint density at radius 2 is 2.30 bits per heavy atom. The van der Waals surface area contributed by atoms with E-state index in [1.165, 1.54) is 29.7 Å². The molecule has 1 aromatic carbocycles. The Hall–Kier alpha value is -2.96. The smallest absolute Gasteiger partial charge is 0.271 e. The van der Waals surface area contributed by atoms with Gasteiger partial charge in [-0.2, -0.15) is 5.26 Å². The maximum absolute atomic E-state index is 12.0. The standard InChI is InChI=1S/C13H8ClN5O3S/c14-10-2-1-9(19(21)22)5-11(10)18-12(20)8(6-15)7-17-13-16-3-4-23-13/h1-5,7H,(H,16,17)(H,18,20)/b8-7-. The molecule has 0 atom stereocenters. The Morgan fingerprint density at radius 3 is 2.91 bits per heavy atom. The zero-order valence-electron chi connectivity index (χ0n) is 11.3. The number of nitro groups is 1. The number of rotatable bonds is 5. The number of carbonyl (C=O) groups excluding carboxylic acids is 1. The van der Waals surface area contributed by atoms with Crippen molar-refractivity contribution in [2.24, 2.45) is 0 Å². The van der Waals surface area contributed by atoms with Crippen LogP contribution in [0.25, 0.3) is 0 Å².